The fourth-order valence-corrected chi connectivity index (χ4v) is 2.88. The third-order valence-corrected chi connectivity index (χ3v) is 5.66. The Morgan fingerprint density at radius 1 is 1.05 bits per heavy atom. The summed E-state index contributed by atoms with van der Waals surface area (Å²) < 4.78 is 11.4. The minimum Gasteiger partial charge on any atom is -0.378 e. The van der Waals surface area contributed by atoms with Gasteiger partial charge in [-0.15, -0.1) is 0 Å². The normalized spacial score (nSPS) is 17.2. The Hall–Kier alpha value is 0.0700. The highest BCUT2D eigenvalue weighted by Gasteiger charge is 2.46. The fourth-order valence-electron chi connectivity index (χ4n) is 2.08. The van der Waals surface area contributed by atoms with Crippen LogP contribution in [0.5, 0.6) is 0 Å². The van der Waals surface area contributed by atoms with E-state index in [-0.39, 0.29) is 6.42 Å². The van der Waals surface area contributed by atoms with Crippen molar-refractivity contribution in [3.8, 4) is 0 Å². The molecule has 0 aliphatic heterocycles. The van der Waals surface area contributed by atoms with Crippen LogP contribution in [0.25, 0.3) is 0 Å². The highest BCUT2D eigenvalue weighted by Crippen LogP contribution is 2.54. The zero-order valence-electron chi connectivity index (χ0n) is 12.2. The second kappa shape index (κ2) is 9.09. The summed E-state index contributed by atoms with van der Waals surface area (Å²) in [6.07, 6.45) is 7.60. The largest absolute Gasteiger partial charge is 0.378 e. The van der Waals surface area contributed by atoms with Crippen molar-refractivity contribution in [2.24, 2.45) is 5.73 Å². The van der Waals surface area contributed by atoms with Crippen LogP contribution in [0, 0.1) is 0 Å². The van der Waals surface area contributed by atoms with Crippen LogP contribution in [0.15, 0.2) is 0 Å². The number of unbranched alkanes of at least 4 members (excludes halogenated alkanes) is 7. The van der Waals surface area contributed by atoms with E-state index in [2.05, 4.69) is 6.92 Å². The minimum atomic E-state index is -4.39. The number of aliphatic hydroxyl groups excluding tert-OH is 1. The monoisotopic (exact) mass is 295 g/mol. The van der Waals surface area contributed by atoms with E-state index in [0.717, 1.165) is 19.3 Å². The van der Waals surface area contributed by atoms with Crippen molar-refractivity contribution in [1.82, 2.24) is 0 Å². The van der Waals surface area contributed by atoms with Crippen LogP contribution in [0.3, 0.4) is 0 Å². The van der Waals surface area contributed by atoms with Crippen LogP contribution in [0.4, 0.5) is 0 Å². The van der Waals surface area contributed by atoms with Crippen molar-refractivity contribution in [3.05, 3.63) is 0 Å². The maximum atomic E-state index is 11.4. The summed E-state index contributed by atoms with van der Waals surface area (Å²) in [4.78, 5) is 18.6. The molecule has 2 unspecified atom stereocenters. The van der Waals surface area contributed by atoms with E-state index < -0.39 is 19.0 Å². The summed E-state index contributed by atoms with van der Waals surface area (Å²) >= 11 is 0. The number of hydrogen-bond acceptors (Lipinski definition) is 3. The lowest BCUT2D eigenvalue weighted by molar-refractivity contribution is 0.114. The minimum absolute atomic E-state index is 0.254. The topological polar surface area (TPSA) is 104 Å². The number of nitrogens with two attached hydrogens (primary N) is 1. The van der Waals surface area contributed by atoms with Crippen LogP contribution in [0.1, 0.15) is 71.6 Å². The Labute approximate surface area is 116 Å². The van der Waals surface area contributed by atoms with Crippen molar-refractivity contribution in [2.45, 2.75) is 83.0 Å². The summed E-state index contributed by atoms with van der Waals surface area (Å²) in [5, 5.41) is 7.87. The average Bonchev–Trinajstić information content (AvgIpc) is 2.30. The van der Waals surface area contributed by atoms with E-state index in [1.807, 2.05) is 0 Å². The molecule has 19 heavy (non-hydrogen) atoms. The molecular formula is C13H30NO4P. The molecule has 0 amide bonds. The molecule has 0 aromatic carbocycles. The molecule has 0 spiro atoms. The van der Waals surface area contributed by atoms with E-state index in [9.17, 15) is 19.5 Å². The molecule has 0 fully saturated rings. The lowest BCUT2D eigenvalue weighted by Gasteiger charge is -2.32. The number of rotatable bonds is 11. The average molecular weight is 295 g/mol. The second-order valence-corrected chi connectivity index (χ2v) is 7.68. The van der Waals surface area contributed by atoms with Gasteiger partial charge in [0.25, 0.3) is 0 Å². The summed E-state index contributed by atoms with van der Waals surface area (Å²) in [5.41, 5.74) is 5.32. The second-order valence-electron chi connectivity index (χ2n) is 5.57. The Balaban J connectivity index is 3.88. The van der Waals surface area contributed by atoms with E-state index in [0.29, 0.717) is 6.42 Å². The molecule has 0 aromatic rings. The van der Waals surface area contributed by atoms with Gasteiger partial charge in [-0.3, -0.25) is 4.57 Å². The Morgan fingerprint density at radius 3 is 1.84 bits per heavy atom. The van der Waals surface area contributed by atoms with Crippen LogP contribution in [-0.4, -0.2) is 26.3 Å². The van der Waals surface area contributed by atoms with Gasteiger partial charge < -0.3 is 20.6 Å². The Kier molecular flexibility index (Phi) is 9.12. The summed E-state index contributed by atoms with van der Waals surface area (Å²) in [6, 6.07) is 0. The van der Waals surface area contributed by atoms with Crippen LogP contribution in [-0.2, 0) is 4.57 Å². The molecule has 0 heterocycles. The van der Waals surface area contributed by atoms with E-state index in [4.69, 9.17) is 5.73 Å². The third kappa shape index (κ3) is 6.87. The molecule has 0 saturated heterocycles. The molecule has 5 N–H and O–H groups in total. The first kappa shape index (κ1) is 19.1. The summed E-state index contributed by atoms with van der Waals surface area (Å²) in [5.74, 6) is 0. The molecular weight excluding hydrogens is 265 g/mol. The van der Waals surface area contributed by atoms with E-state index in [1.165, 1.54) is 32.6 Å². The summed E-state index contributed by atoms with van der Waals surface area (Å²) in [6.45, 7) is 3.54. The van der Waals surface area contributed by atoms with Gasteiger partial charge in [0.1, 0.15) is 11.4 Å². The predicted molar refractivity (Wildman–Crippen MR) is 77.9 cm³/mol. The molecule has 0 aliphatic rings. The van der Waals surface area contributed by atoms with Crippen molar-refractivity contribution in [1.29, 1.82) is 0 Å². The van der Waals surface area contributed by atoms with Gasteiger partial charge in [0.15, 0.2) is 0 Å². The zero-order chi connectivity index (χ0) is 14.9. The lowest BCUT2D eigenvalue weighted by Crippen LogP contribution is -2.45. The Bertz CT molecular complexity index is 280. The quantitative estimate of drug-likeness (QED) is 0.266. The van der Waals surface area contributed by atoms with Gasteiger partial charge in [0.05, 0.1) is 0 Å². The zero-order valence-corrected chi connectivity index (χ0v) is 13.1. The van der Waals surface area contributed by atoms with Crippen molar-refractivity contribution < 1.29 is 19.5 Å². The van der Waals surface area contributed by atoms with Gasteiger partial charge in [0, 0.05) is 0 Å². The molecule has 0 saturated carbocycles. The van der Waals surface area contributed by atoms with Gasteiger partial charge in [-0.25, -0.2) is 0 Å². The first-order valence-electron chi connectivity index (χ1n) is 7.25. The summed E-state index contributed by atoms with van der Waals surface area (Å²) in [7, 11) is -4.39. The molecule has 0 rings (SSSR count). The van der Waals surface area contributed by atoms with Crippen molar-refractivity contribution in [3.63, 3.8) is 0 Å². The predicted octanol–water partition coefficient (Wildman–Crippen LogP) is 2.73. The van der Waals surface area contributed by atoms with Gasteiger partial charge in [-0.05, 0) is 13.3 Å². The first-order valence-corrected chi connectivity index (χ1v) is 8.86. The number of hydrogen-bond donors (Lipinski definition) is 4. The van der Waals surface area contributed by atoms with Gasteiger partial charge in [0.2, 0.25) is 0 Å². The van der Waals surface area contributed by atoms with Crippen LogP contribution < -0.4 is 5.73 Å². The van der Waals surface area contributed by atoms with Gasteiger partial charge >= 0.3 is 7.60 Å². The highest BCUT2D eigenvalue weighted by atomic mass is 31.2. The third-order valence-electron chi connectivity index (χ3n) is 3.84. The smallest absolute Gasteiger partial charge is 0.335 e. The number of aliphatic hydroxyl groups is 1. The van der Waals surface area contributed by atoms with Crippen molar-refractivity contribution in [2.75, 3.05) is 0 Å². The van der Waals surface area contributed by atoms with Gasteiger partial charge in [-0.2, -0.15) is 0 Å². The molecule has 0 aromatic heterocycles. The molecule has 6 heteroatoms. The molecule has 0 radical (unpaired) electrons. The molecule has 2 atom stereocenters. The Morgan fingerprint density at radius 2 is 1.47 bits per heavy atom. The van der Waals surface area contributed by atoms with Gasteiger partial charge in [-0.1, -0.05) is 58.3 Å². The van der Waals surface area contributed by atoms with E-state index in [1.54, 1.807) is 0 Å². The molecule has 5 nitrogen and oxygen atoms in total. The maximum Gasteiger partial charge on any atom is 0.335 e. The molecule has 0 aliphatic carbocycles. The molecule has 0 bridgehead atoms. The van der Waals surface area contributed by atoms with Crippen LogP contribution >= 0.6 is 7.60 Å². The van der Waals surface area contributed by atoms with Crippen LogP contribution in [0.2, 0.25) is 0 Å². The fraction of sp³-hybridized carbons (Fsp3) is 1.00. The maximum absolute atomic E-state index is 11.4. The van der Waals surface area contributed by atoms with E-state index >= 15 is 0 Å². The SMILES string of the molecule is CCCCCCCCCCC(C)(C(N)O)P(=O)(O)O. The highest BCUT2D eigenvalue weighted by molar-refractivity contribution is 7.53. The molecule has 116 valence electrons. The van der Waals surface area contributed by atoms with Crippen molar-refractivity contribution >= 4 is 7.60 Å². The first-order chi connectivity index (χ1) is 8.75. The standard InChI is InChI=1S/C13H30NO4P/c1-3-4-5-6-7-8-9-10-11-13(2,12(14)15)19(16,17)18/h12,15H,3-11,14H2,1-2H3,(H2,16,17,18). The lowest BCUT2D eigenvalue weighted by atomic mass is 9.99.